The average Bonchev–Trinajstić information content (AvgIpc) is 3.02. The van der Waals surface area contributed by atoms with Crippen LogP contribution in [-0.4, -0.2) is 59.2 Å². The highest BCUT2D eigenvalue weighted by Crippen LogP contribution is 2.16. The SMILES string of the molecule is COC(=O)N[C@H](C(=O)N1CCC(Nc2ncc(C)cn2)C1)C(C)C. The molecule has 2 heterocycles. The first kappa shape index (κ1) is 18.0. The number of hydrogen-bond acceptors (Lipinski definition) is 6. The zero-order valence-corrected chi connectivity index (χ0v) is 14.6. The van der Waals surface area contributed by atoms with Gasteiger partial charge < -0.3 is 20.3 Å². The summed E-state index contributed by atoms with van der Waals surface area (Å²) >= 11 is 0. The van der Waals surface area contributed by atoms with Crippen molar-refractivity contribution in [1.82, 2.24) is 20.2 Å². The molecule has 8 heteroatoms. The summed E-state index contributed by atoms with van der Waals surface area (Å²) in [6.07, 6.45) is 3.72. The number of likely N-dealkylation sites (tertiary alicyclic amines) is 1. The summed E-state index contributed by atoms with van der Waals surface area (Å²) < 4.78 is 4.60. The lowest BCUT2D eigenvalue weighted by Gasteiger charge is -2.26. The van der Waals surface area contributed by atoms with Crippen LogP contribution in [0.1, 0.15) is 25.8 Å². The fourth-order valence-corrected chi connectivity index (χ4v) is 2.62. The van der Waals surface area contributed by atoms with Crippen LogP contribution in [0, 0.1) is 12.8 Å². The molecule has 1 unspecified atom stereocenters. The maximum absolute atomic E-state index is 12.7. The Morgan fingerprint density at radius 2 is 2.00 bits per heavy atom. The molecule has 0 spiro atoms. The Morgan fingerprint density at radius 1 is 1.33 bits per heavy atom. The Kier molecular flexibility index (Phi) is 5.94. The van der Waals surface area contributed by atoms with E-state index in [0.717, 1.165) is 12.0 Å². The number of alkyl carbamates (subject to hydrolysis) is 1. The van der Waals surface area contributed by atoms with Crippen LogP contribution in [0.15, 0.2) is 12.4 Å². The molecule has 1 aliphatic heterocycles. The van der Waals surface area contributed by atoms with Crippen LogP contribution in [0.4, 0.5) is 10.7 Å². The Hall–Kier alpha value is -2.38. The molecule has 0 saturated carbocycles. The van der Waals surface area contributed by atoms with Crippen LogP contribution in [0.3, 0.4) is 0 Å². The highest BCUT2D eigenvalue weighted by Gasteiger charge is 2.33. The molecule has 1 aromatic rings. The molecule has 1 fully saturated rings. The van der Waals surface area contributed by atoms with E-state index in [9.17, 15) is 9.59 Å². The highest BCUT2D eigenvalue weighted by atomic mass is 16.5. The average molecular weight is 335 g/mol. The van der Waals surface area contributed by atoms with Crippen molar-refractivity contribution in [3.05, 3.63) is 18.0 Å². The van der Waals surface area contributed by atoms with Crippen molar-refractivity contribution in [2.75, 3.05) is 25.5 Å². The number of nitrogens with one attached hydrogen (secondary N) is 2. The third-order valence-corrected chi connectivity index (χ3v) is 4.01. The largest absolute Gasteiger partial charge is 0.453 e. The van der Waals surface area contributed by atoms with Crippen LogP contribution >= 0.6 is 0 Å². The number of hydrogen-bond donors (Lipinski definition) is 2. The van der Waals surface area contributed by atoms with Gasteiger partial charge in [0, 0.05) is 31.5 Å². The van der Waals surface area contributed by atoms with E-state index >= 15 is 0 Å². The smallest absolute Gasteiger partial charge is 0.407 e. The molecule has 1 aromatic heterocycles. The number of carbonyl (C=O) groups is 2. The fourth-order valence-electron chi connectivity index (χ4n) is 2.62. The predicted molar refractivity (Wildman–Crippen MR) is 89.5 cm³/mol. The molecule has 2 rings (SSSR count). The molecule has 2 N–H and O–H groups in total. The maximum atomic E-state index is 12.7. The second kappa shape index (κ2) is 7.94. The van der Waals surface area contributed by atoms with Gasteiger partial charge in [-0.2, -0.15) is 0 Å². The maximum Gasteiger partial charge on any atom is 0.407 e. The van der Waals surface area contributed by atoms with Crippen molar-refractivity contribution in [2.24, 2.45) is 5.92 Å². The molecule has 0 aromatic carbocycles. The van der Waals surface area contributed by atoms with Gasteiger partial charge in [0.25, 0.3) is 0 Å². The fraction of sp³-hybridized carbons (Fsp3) is 0.625. The van der Waals surface area contributed by atoms with Gasteiger partial charge in [0.05, 0.1) is 7.11 Å². The van der Waals surface area contributed by atoms with E-state index in [4.69, 9.17) is 0 Å². The van der Waals surface area contributed by atoms with E-state index in [1.807, 2.05) is 20.8 Å². The minimum Gasteiger partial charge on any atom is -0.453 e. The van der Waals surface area contributed by atoms with E-state index < -0.39 is 12.1 Å². The second-order valence-electron chi connectivity index (χ2n) is 6.36. The topological polar surface area (TPSA) is 96.5 Å². The summed E-state index contributed by atoms with van der Waals surface area (Å²) in [5, 5.41) is 5.86. The summed E-state index contributed by atoms with van der Waals surface area (Å²) in [6.45, 7) is 6.91. The minimum absolute atomic E-state index is 0.0240. The van der Waals surface area contributed by atoms with Gasteiger partial charge in [0.1, 0.15) is 6.04 Å². The van der Waals surface area contributed by atoms with E-state index in [0.29, 0.717) is 19.0 Å². The summed E-state index contributed by atoms with van der Waals surface area (Å²) in [6, 6.07) is -0.491. The van der Waals surface area contributed by atoms with Crippen molar-refractivity contribution >= 4 is 17.9 Å². The molecule has 24 heavy (non-hydrogen) atoms. The first-order valence-corrected chi connectivity index (χ1v) is 8.09. The number of anilines is 1. The van der Waals surface area contributed by atoms with Crippen molar-refractivity contribution in [3.63, 3.8) is 0 Å². The summed E-state index contributed by atoms with van der Waals surface area (Å²) in [5.41, 5.74) is 0.998. The molecule has 2 amide bonds. The molecule has 0 bridgehead atoms. The Morgan fingerprint density at radius 3 is 2.58 bits per heavy atom. The number of aromatic nitrogens is 2. The van der Waals surface area contributed by atoms with Crippen LogP contribution < -0.4 is 10.6 Å². The molecular formula is C16H25N5O3. The van der Waals surface area contributed by atoms with Gasteiger partial charge in [-0.25, -0.2) is 14.8 Å². The van der Waals surface area contributed by atoms with Gasteiger partial charge in [-0.15, -0.1) is 0 Å². The lowest BCUT2D eigenvalue weighted by molar-refractivity contribution is -0.133. The third kappa shape index (κ3) is 4.56. The standard InChI is InChI=1S/C16H25N5O3/c1-10(2)13(20-16(23)24-4)14(22)21-6-5-12(9-21)19-15-17-7-11(3)8-18-15/h7-8,10,12-13H,5-6,9H2,1-4H3,(H,20,23)(H,17,18,19)/t12?,13-/m0/s1. The molecule has 1 aliphatic rings. The Balaban J connectivity index is 1.94. The Labute approximate surface area is 142 Å². The third-order valence-electron chi connectivity index (χ3n) is 4.01. The molecule has 0 radical (unpaired) electrons. The first-order chi connectivity index (χ1) is 11.4. The molecule has 8 nitrogen and oxygen atoms in total. The summed E-state index contributed by atoms with van der Waals surface area (Å²) in [4.78, 5) is 34.3. The second-order valence-corrected chi connectivity index (χ2v) is 6.36. The number of methoxy groups -OCH3 is 1. The first-order valence-electron chi connectivity index (χ1n) is 8.09. The zero-order valence-electron chi connectivity index (χ0n) is 14.6. The Bertz CT molecular complexity index is 576. The van der Waals surface area contributed by atoms with Crippen LogP contribution in [0.25, 0.3) is 0 Å². The molecule has 132 valence electrons. The lowest BCUT2D eigenvalue weighted by atomic mass is 10.0. The van der Waals surface area contributed by atoms with Gasteiger partial charge >= 0.3 is 6.09 Å². The molecule has 1 saturated heterocycles. The number of amides is 2. The molecule has 0 aliphatic carbocycles. The van der Waals surface area contributed by atoms with Crippen LogP contribution in [0.2, 0.25) is 0 Å². The van der Waals surface area contributed by atoms with E-state index in [-0.39, 0.29) is 17.9 Å². The van der Waals surface area contributed by atoms with Gasteiger partial charge in [-0.05, 0) is 24.8 Å². The van der Waals surface area contributed by atoms with Gasteiger partial charge in [-0.1, -0.05) is 13.8 Å². The normalized spacial score (nSPS) is 18.4. The lowest BCUT2D eigenvalue weighted by Crippen LogP contribution is -2.51. The van der Waals surface area contributed by atoms with E-state index in [1.165, 1.54) is 7.11 Å². The molecular weight excluding hydrogens is 310 g/mol. The summed E-state index contributed by atoms with van der Waals surface area (Å²) in [5.74, 6) is 0.446. The van der Waals surface area contributed by atoms with Crippen molar-refractivity contribution < 1.29 is 14.3 Å². The van der Waals surface area contributed by atoms with Gasteiger partial charge in [0.15, 0.2) is 0 Å². The number of ether oxygens (including phenoxy) is 1. The van der Waals surface area contributed by atoms with Crippen LogP contribution in [-0.2, 0) is 9.53 Å². The van der Waals surface area contributed by atoms with Crippen molar-refractivity contribution in [1.29, 1.82) is 0 Å². The van der Waals surface area contributed by atoms with Crippen molar-refractivity contribution in [3.8, 4) is 0 Å². The number of rotatable bonds is 5. The minimum atomic E-state index is -0.594. The number of aryl methyl sites for hydroxylation is 1. The highest BCUT2D eigenvalue weighted by molar-refractivity contribution is 5.86. The number of carbonyl (C=O) groups excluding carboxylic acids is 2. The molecule has 2 atom stereocenters. The van der Waals surface area contributed by atoms with E-state index in [2.05, 4.69) is 25.3 Å². The van der Waals surface area contributed by atoms with Gasteiger partial charge in [-0.3, -0.25) is 4.79 Å². The predicted octanol–water partition coefficient (Wildman–Crippen LogP) is 1.18. The van der Waals surface area contributed by atoms with Gasteiger partial charge in [0.2, 0.25) is 11.9 Å². The van der Waals surface area contributed by atoms with Crippen molar-refractivity contribution in [2.45, 2.75) is 39.3 Å². The van der Waals surface area contributed by atoms with E-state index in [1.54, 1.807) is 17.3 Å². The zero-order chi connectivity index (χ0) is 17.7. The number of nitrogens with zero attached hydrogens (tertiary/aromatic N) is 3. The summed E-state index contributed by atoms with van der Waals surface area (Å²) in [7, 11) is 1.29. The van der Waals surface area contributed by atoms with Crippen LogP contribution in [0.5, 0.6) is 0 Å². The quantitative estimate of drug-likeness (QED) is 0.839. The monoisotopic (exact) mass is 335 g/mol.